The maximum atomic E-state index is 12.4. The van der Waals surface area contributed by atoms with Crippen LogP contribution in [0.4, 0.5) is 22.0 Å². The van der Waals surface area contributed by atoms with Crippen LogP contribution in [0.2, 0.25) is 0 Å². The highest BCUT2D eigenvalue weighted by Crippen LogP contribution is 2.31. The molecule has 1 nitrogen and oxygen atoms in total. The molecule has 0 aliphatic rings. The van der Waals surface area contributed by atoms with Crippen molar-refractivity contribution in [2.24, 2.45) is 0 Å². The minimum absolute atomic E-state index is 0.365. The summed E-state index contributed by atoms with van der Waals surface area (Å²) in [6.45, 7) is 0. The van der Waals surface area contributed by atoms with E-state index in [-0.39, 0.29) is 5.69 Å². The fourth-order valence-corrected chi connectivity index (χ4v) is 1.56. The van der Waals surface area contributed by atoms with Crippen molar-refractivity contribution in [3.8, 4) is 11.1 Å². The monoisotopic (exact) mass is 273 g/mol. The summed E-state index contributed by atoms with van der Waals surface area (Å²) in [4.78, 5) is 3.55. The second-order valence-corrected chi connectivity index (χ2v) is 3.85. The van der Waals surface area contributed by atoms with Crippen molar-refractivity contribution >= 4 is 0 Å². The first-order valence-corrected chi connectivity index (χ1v) is 5.29. The zero-order valence-electron chi connectivity index (χ0n) is 9.46. The Balaban J connectivity index is 2.27. The normalized spacial score (nSPS) is 11.9. The van der Waals surface area contributed by atoms with E-state index >= 15 is 0 Å². The molecule has 0 saturated carbocycles. The van der Waals surface area contributed by atoms with Crippen LogP contribution in [-0.4, -0.2) is 4.98 Å². The summed E-state index contributed by atoms with van der Waals surface area (Å²) in [6.07, 6.45) is -5.85. The molecule has 2 rings (SSSR count). The van der Waals surface area contributed by atoms with E-state index in [0.717, 1.165) is 18.2 Å². The molecule has 2 aromatic rings. The Hall–Kier alpha value is -1.98. The number of pyridine rings is 1. The Morgan fingerprint density at radius 2 is 1.42 bits per heavy atom. The first kappa shape index (κ1) is 13.5. The van der Waals surface area contributed by atoms with Gasteiger partial charge >= 0.3 is 6.18 Å². The van der Waals surface area contributed by atoms with Crippen molar-refractivity contribution in [2.45, 2.75) is 12.6 Å². The predicted octanol–water partition coefficient (Wildman–Crippen LogP) is 4.71. The summed E-state index contributed by atoms with van der Waals surface area (Å²) in [5.74, 6) is 0. The SMILES string of the molecule is FC(F)c1ccc(-c2ccc(C(F)(F)F)cc2)cn1. The topological polar surface area (TPSA) is 12.9 Å². The van der Waals surface area contributed by atoms with Gasteiger partial charge < -0.3 is 0 Å². The van der Waals surface area contributed by atoms with E-state index in [0.29, 0.717) is 11.1 Å². The van der Waals surface area contributed by atoms with Gasteiger partial charge in [0.15, 0.2) is 0 Å². The highest BCUT2D eigenvalue weighted by atomic mass is 19.4. The second-order valence-electron chi connectivity index (χ2n) is 3.85. The molecule has 6 heteroatoms. The van der Waals surface area contributed by atoms with Gasteiger partial charge in [-0.2, -0.15) is 13.2 Å². The molecule has 0 radical (unpaired) electrons. The Labute approximate surface area is 105 Å². The molecule has 0 saturated heterocycles. The van der Waals surface area contributed by atoms with Crippen LogP contribution >= 0.6 is 0 Å². The fourth-order valence-electron chi connectivity index (χ4n) is 1.56. The number of alkyl halides is 5. The number of hydrogen-bond donors (Lipinski definition) is 0. The summed E-state index contributed by atoms with van der Waals surface area (Å²) >= 11 is 0. The van der Waals surface area contributed by atoms with Gasteiger partial charge in [0.05, 0.1) is 5.56 Å². The smallest absolute Gasteiger partial charge is 0.255 e. The quantitative estimate of drug-likeness (QED) is 0.722. The molecule has 0 spiro atoms. The third-order valence-electron chi connectivity index (χ3n) is 2.56. The lowest BCUT2D eigenvalue weighted by Gasteiger charge is -2.08. The van der Waals surface area contributed by atoms with Gasteiger partial charge in [0.2, 0.25) is 0 Å². The number of benzene rings is 1. The number of aromatic nitrogens is 1. The molecule has 19 heavy (non-hydrogen) atoms. The summed E-state index contributed by atoms with van der Waals surface area (Å²) in [5, 5.41) is 0. The number of halogens is 5. The molecule has 1 aromatic carbocycles. The zero-order valence-corrected chi connectivity index (χ0v) is 9.46. The van der Waals surface area contributed by atoms with E-state index in [1.54, 1.807) is 0 Å². The molecule has 0 aliphatic carbocycles. The van der Waals surface area contributed by atoms with Crippen LogP contribution in [-0.2, 0) is 6.18 Å². The number of rotatable bonds is 2. The molecule has 0 fully saturated rings. The van der Waals surface area contributed by atoms with E-state index < -0.39 is 18.2 Å². The minimum atomic E-state index is -4.39. The van der Waals surface area contributed by atoms with Crippen LogP contribution in [0.15, 0.2) is 42.6 Å². The van der Waals surface area contributed by atoms with Crippen LogP contribution in [0, 0.1) is 0 Å². The van der Waals surface area contributed by atoms with Crippen LogP contribution in [0.3, 0.4) is 0 Å². The molecule has 1 heterocycles. The Bertz CT molecular complexity index is 543. The van der Waals surface area contributed by atoms with Crippen molar-refractivity contribution in [1.29, 1.82) is 0 Å². The molecule has 0 unspecified atom stereocenters. The summed E-state index contributed by atoms with van der Waals surface area (Å²) in [6, 6.07) is 6.99. The molecule has 0 N–H and O–H groups in total. The average molecular weight is 273 g/mol. The first-order valence-electron chi connectivity index (χ1n) is 5.29. The lowest BCUT2D eigenvalue weighted by Crippen LogP contribution is -2.04. The highest BCUT2D eigenvalue weighted by Gasteiger charge is 2.29. The largest absolute Gasteiger partial charge is 0.416 e. The van der Waals surface area contributed by atoms with Gasteiger partial charge in [0.25, 0.3) is 6.43 Å². The van der Waals surface area contributed by atoms with Crippen LogP contribution in [0.5, 0.6) is 0 Å². The lowest BCUT2D eigenvalue weighted by molar-refractivity contribution is -0.137. The van der Waals surface area contributed by atoms with Gasteiger partial charge in [0.1, 0.15) is 5.69 Å². The van der Waals surface area contributed by atoms with E-state index in [1.165, 1.54) is 24.4 Å². The van der Waals surface area contributed by atoms with Crippen LogP contribution in [0.1, 0.15) is 17.7 Å². The molecule has 0 amide bonds. The second kappa shape index (κ2) is 4.95. The van der Waals surface area contributed by atoms with Crippen molar-refractivity contribution in [3.05, 3.63) is 53.9 Å². The molecule has 0 atom stereocenters. The van der Waals surface area contributed by atoms with Gasteiger partial charge in [0, 0.05) is 11.8 Å². The Morgan fingerprint density at radius 3 is 1.84 bits per heavy atom. The van der Waals surface area contributed by atoms with E-state index in [4.69, 9.17) is 0 Å². The molecule has 0 bridgehead atoms. The molecular weight excluding hydrogens is 265 g/mol. The average Bonchev–Trinajstić information content (AvgIpc) is 2.38. The molecule has 0 aliphatic heterocycles. The zero-order chi connectivity index (χ0) is 14.0. The van der Waals surface area contributed by atoms with Gasteiger partial charge in [-0.3, -0.25) is 4.98 Å². The molecule has 100 valence electrons. The summed E-state index contributed by atoms with van der Waals surface area (Å²) in [7, 11) is 0. The fraction of sp³-hybridized carbons (Fsp3) is 0.154. The Kier molecular flexibility index (Phi) is 3.50. The van der Waals surface area contributed by atoms with Gasteiger partial charge in [-0.1, -0.05) is 18.2 Å². The minimum Gasteiger partial charge on any atom is -0.255 e. The predicted molar refractivity (Wildman–Crippen MR) is 59.6 cm³/mol. The highest BCUT2D eigenvalue weighted by molar-refractivity contribution is 5.62. The summed E-state index contributed by atoms with van der Waals surface area (Å²) in [5.41, 5.74) is -0.150. The van der Waals surface area contributed by atoms with E-state index in [1.807, 2.05) is 0 Å². The van der Waals surface area contributed by atoms with Crippen molar-refractivity contribution < 1.29 is 22.0 Å². The van der Waals surface area contributed by atoms with Gasteiger partial charge in [-0.15, -0.1) is 0 Å². The van der Waals surface area contributed by atoms with Crippen LogP contribution < -0.4 is 0 Å². The van der Waals surface area contributed by atoms with E-state index in [9.17, 15) is 22.0 Å². The van der Waals surface area contributed by atoms with Gasteiger partial charge in [-0.05, 0) is 23.8 Å². The first-order chi connectivity index (χ1) is 8.88. The van der Waals surface area contributed by atoms with Gasteiger partial charge in [-0.25, -0.2) is 8.78 Å². The van der Waals surface area contributed by atoms with Crippen molar-refractivity contribution in [3.63, 3.8) is 0 Å². The number of hydrogen-bond acceptors (Lipinski definition) is 1. The maximum Gasteiger partial charge on any atom is 0.416 e. The standard InChI is InChI=1S/C13H8F5N/c14-12(15)11-6-3-9(7-19-11)8-1-4-10(5-2-8)13(16,17)18/h1-7,12H. The van der Waals surface area contributed by atoms with Crippen molar-refractivity contribution in [1.82, 2.24) is 4.98 Å². The van der Waals surface area contributed by atoms with E-state index in [2.05, 4.69) is 4.98 Å². The third-order valence-corrected chi connectivity index (χ3v) is 2.56. The van der Waals surface area contributed by atoms with Crippen molar-refractivity contribution in [2.75, 3.05) is 0 Å². The molecule has 1 aromatic heterocycles. The summed E-state index contributed by atoms with van der Waals surface area (Å²) < 4.78 is 61.7. The Morgan fingerprint density at radius 1 is 0.842 bits per heavy atom. The lowest BCUT2D eigenvalue weighted by atomic mass is 10.1. The third kappa shape index (κ3) is 3.07. The maximum absolute atomic E-state index is 12.4. The van der Waals surface area contributed by atoms with Crippen LogP contribution in [0.25, 0.3) is 11.1 Å². The molecular formula is C13H8F5N. The number of nitrogens with zero attached hydrogens (tertiary/aromatic N) is 1.